The molecule has 2 aromatic heterocycles. The van der Waals surface area contributed by atoms with Crippen LogP contribution in [0.5, 0.6) is 11.8 Å². The summed E-state index contributed by atoms with van der Waals surface area (Å²) in [6.45, 7) is 4.25. The maximum atomic E-state index is 15.2. The number of nitrogens with zero attached hydrogens (tertiary/aromatic N) is 5. The molecule has 0 amide bonds. The number of fused-ring (bicyclic) bond motifs is 1. The molecule has 1 aromatic carbocycles. The Labute approximate surface area is 196 Å². The van der Waals surface area contributed by atoms with E-state index in [4.69, 9.17) is 4.74 Å². The summed E-state index contributed by atoms with van der Waals surface area (Å²) in [7, 11) is 4.07. The predicted octanol–water partition coefficient (Wildman–Crippen LogP) is 2.95. The fourth-order valence-corrected chi connectivity index (χ4v) is 4.55. The molecule has 0 radical (unpaired) electrons. The summed E-state index contributed by atoms with van der Waals surface area (Å²) in [6.07, 6.45) is 1.70. The molecule has 180 valence electrons. The van der Waals surface area contributed by atoms with Gasteiger partial charge in [0.1, 0.15) is 29.2 Å². The van der Waals surface area contributed by atoms with Gasteiger partial charge in [0.15, 0.2) is 11.5 Å². The number of hydrogen-bond acceptors (Lipinski definition) is 8. The van der Waals surface area contributed by atoms with Crippen molar-refractivity contribution in [2.75, 3.05) is 38.6 Å². The second-order valence-electron chi connectivity index (χ2n) is 9.23. The lowest BCUT2D eigenvalue weighted by atomic mass is 9.88. The molecule has 2 N–H and O–H groups in total. The Morgan fingerprint density at radius 2 is 1.94 bits per heavy atom. The van der Waals surface area contributed by atoms with Crippen LogP contribution in [-0.2, 0) is 0 Å². The number of halogens is 2. The Morgan fingerprint density at radius 3 is 2.65 bits per heavy atom. The van der Waals surface area contributed by atoms with Gasteiger partial charge in [-0.25, -0.2) is 13.8 Å². The largest absolute Gasteiger partial charge is 0.507 e. The molecule has 0 spiro atoms. The molecule has 0 bridgehead atoms. The summed E-state index contributed by atoms with van der Waals surface area (Å²) in [6, 6.07) is 5.79. The second-order valence-corrected chi connectivity index (χ2v) is 9.23. The third-order valence-corrected chi connectivity index (χ3v) is 6.67. The summed E-state index contributed by atoms with van der Waals surface area (Å²) in [5, 5.41) is 13.9. The SMILES string of the molecule is CC1CNCCN1c1nc(OC2CC(N(C)C)C2)nc2nc(-c3c(O)cccc3F)c(F)cc12. The maximum absolute atomic E-state index is 15.2. The molecule has 8 nitrogen and oxygen atoms in total. The zero-order valence-corrected chi connectivity index (χ0v) is 19.4. The average molecular weight is 471 g/mol. The fourth-order valence-electron chi connectivity index (χ4n) is 4.55. The van der Waals surface area contributed by atoms with E-state index in [0.717, 1.165) is 32.0 Å². The number of aromatic nitrogens is 3. The molecule has 3 aromatic rings. The van der Waals surface area contributed by atoms with Gasteiger partial charge >= 0.3 is 6.01 Å². The third-order valence-electron chi connectivity index (χ3n) is 6.67. The van der Waals surface area contributed by atoms with Crippen LogP contribution < -0.4 is 15.0 Å². The van der Waals surface area contributed by atoms with Gasteiger partial charge in [-0.05, 0) is 39.2 Å². The zero-order chi connectivity index (χ0) is 24.0. The van der Waals surface area contributed by atoms with Crippen molar-refractivity contribution in [1.29, 1.82) is 0 Å². The number of piperazine rings is 1. The van der Waals surface area contributed by atoms with E-state index >= 15 is 4.39 Å². The van der Waals surface area contributed by atoms with Crippen molar-refractivity contribution in [1.82, 2.24) is 25.2 Å². The van der Waals surface area contributed by atoms with Gasteiger partial charge in [-0.2, -0.15) is 9.97 Å². The molecule has 1 saturated carbocycles. The number of aromatic hydroxyl groups is 1. The number of ether oxygens (including phenoxy) is 1. The Balaban J connectivity index is 1.61. The Morgan fingerprint density at radius 1 is 1.15 bits per heavy atom. The van der Waals surface area contributed by atoms with Crippen molar-refractivity contribution >= 4 is 16.9 Å². The highest BCUT2D eigenvalue weighted by molar-refractivity contribution is 5.90. The van der Waals surface area contributed by atoms with Crippen LogP contribution in [0, 0.1) is 11.6 Å². The van der Waals surface area contributed by atoms with Gasteiger partial charge in [0.25, 0.3) is 0 Å². The summed E-state index contributed by atoms with van der Waals surface area (Å²) in [4.78, 5) is 17.7. The fraction of sp³-hybridized carbons (Fsp3) is 0.458. The van der Waals surface area contributed by atoms with Crippen LogP contribution in [0.4, 0.5) is 14.6 Å². The van der Waals surface area contributed by atoms with Crippen LogP contribution in [0.1, 0.15) is 19.8 Å². The topological polar surface area (TPSA) is 86.6 Å². The highest BCUT2D eigenvalue weighted by Gasteiger charge is 2.34. The average Bonchev–Trinajstić information content (AvgIpc) is 2.76. The van der Waals surface area contributed by atoms with Crippen molar-refractivity contribution in [2.45, 2.75) is 38.0 Å². The van der Waals surface area contributed by atoms with E-state index in [1.54, 1.807) is 0 Å². The van der Waals surface area contributed by atoms with Crippen LogP contribution in [0.15, 0.2) is 24.3 Å². The van der Waals surface area contributed by atoms with Crippen molar-refractivity contribution in [2.24, 2.45) is 0 Å². The minimum absolute atomic E-state index is 0.0197. The van der Waals surface area contributed by atoms with Gasteiger partial charge in [-0.1, -0.05) is 6.07 Å². The minimum Gasteiger partial charge on any atom is -0.507 e. The highest BCUT2D eigenvalue weighted by Crippen LogP contribution is 2.36. The first kappa shape index (κ1) is 22.7. The molecule has 5 rings (SSSR count). The summed E-state index contributed by atoms with van der Waals surface area (Å²) >= 11 is 0. The third kappa shape index (κ3) is 4.12. The number of nitrogens with one attached hydrogen (secondary N) is 1. The molecule has 3 heterocycles. The lowest BCUT2D eigenvalue weighted by Gasteiger charge is -2.39. The van der Waals surface area contributed by atoms with Crippen molar-refractivity contribution in [3.05, 3.63) is 35.9 Å². The van der Waals surface area contributed by atoms with E-state index in [9.17, 15) is 9.50 Å². The van der Waals surface area contributed by atoms with Crippen molar-refractivity contribution in [3.8, 4) is 23.0 Å². The first-order chi connectivity index (χ1) is 16.3. The second kappa shape index (κ2) is 8.92. The Kier molecular flexibility index (Phi) is 5.95. The quantitative estimate of drug-likeness (QED) is 0.589. The van der Waals surface area contributed by atoms with Crippen LogP contribution in [0.25, 0.3) is 22.3 Å². The van der Waals surface area contributed by atoms with Gasteiger partial charge < -0.3 is 25.0 Å². The number of hydrogen-bond donors (Lipinski definition) is 2. The first-order valence-corrected chi connectivity index (χ1v) is 11.5. The molecule has 34 heavy (non-hydrogen) atoms. The normalized spacial score (nSPS) is 22.8. The number of phenolic OH excluding ortho intramolecular Hbond substituents is 1. The van der Waals surface area contributed by atoms with Crippen molar-refractivity contribution in [3.63, 3.8) is 0 Å². The van der Waals surface area contributed by atoms with Crippen LogP contribution >= 0.6 is 0 Å². The van der Waals surface area contributed by atoms with Gasteiger partial charge in [0, 0.05) is 44.6 Å². The molecule has 1 atom stereocenters. The summed E-state index contributed by atoms with van der Waals surface area (Å²) in [5.41, 5.74) is -0.412. The maximum Gasteiger partial charge on any atom is 0.320 e. The van der Waals surface area contributed by atoms with E-state index in [2.05, 4.69) is 37.0 Å². The van der Waals surface area contributed by atoms with E-state index < -0.39 is 17.4 Å². The zero-order valence-electron chi connectivity index (χ0n) is 19.4. The number of benzene rings is 1. The highest BCUT2D eigenvalue weighted by atomic mass is 19.1. The molecular formula is C24H28F2N6O2. The van der Waals surface area contributed by atoms with E-state index in [0.29, 0.717) is 23.8 Å². The molecule has 2 aliphatic rings. The summed E-state index contributed by atoms with van der Waals surface area (Å²) in [5.74, 6) is -1.39. The molecule has 10 heteroatoms. The standard InChI is InChI=1S/C24H28F2N6O2/c1-13-12-27-7-8-32(13)23-16-11-18(26)21(20-17(25)5-4-6-19(20)33)28-22(16)29-24(30-23)34-15-9-14(10-15)31(2)3/h4-6,11,13-15,27,33H,7-10,12H2,1-3H3. The van der Waals surface area contributed by atoms with E-state index in [-0.39, 0.29) is 35.1 Å². The van der Waals surface area contributed by atoms with Crippen LogP contribution in [0.3, 0.4) is 0 Å². The van der Waals surface area contributed by atoms with E-state index in [1.165, 1.54) is 18.2 Å². The van der Waals surface area contributed by atoms with Crippen LogP contribution in [0.2, 0.25) is 0 Å². The van der Waals surface area contributed by atoms with Crippen LogP contribution in [-0.4, -0.2) is 76.9 Å². The molecule has 2 fully saturated rings. The molecular weight excluding hydrogens is 442 g/mol. The number of pyridine rings is 1. The molecule has 1 saturated heterocycles. The molecule has 1 unspecified atom stereocenters. The summed E-state index contributed by atoms with van der Waals surface area (Å²) < 4.78 is 35.8. The Hall–Kier alpha value is -3.11. The lowest BCUT2D eigenvalue weighted by molar-refractivity contribution is 0.0339. The van der Waals surface area contributed by atoms with Gasteiger partial charge in [0.2, 0.25) is 0 Å². The molecule has 1 aliphatic heterocycles. The number of anilines is 1. The van der Waals surface area contributed by atoms with Gasteiger partial charge in [-0.15, -0.1) is 0 Å². The lowest BCUT2D eigenvalue weighted by Crippen LogP contribution is -2.50. The Bertz CT molecular complexity index is 1200. The van der Waals surface area contributed by atoms with E-state index in [1.807, 2.05) is 14.1 Å². The predicted molar refractivity (Wildman–Crippen MR) is 125 cm³/mol. The molecule has 1 aliphatic carbocycles. The minimum atomic E-state index is -0.767. The van der Waals surface area contributed by atoms with Crippen molar-refractivity contribution < 1.29 is 18.6 Å². The first-order valence-electron chi connectivity index (χ1n) is 11.5. The monoisotopic (exact) mass is 470 g/mol. The van der Waals surface area contributed by atoms with Gasteiger partial charge in [-0.3, -0.25) is 0 Å². The smallest absolute Gasteiger partial charge is 0.320 e. The number of phenols is 1. The van der Waals surface area contributed by atoms with Gasteiger partial charge in [0.05, 0.1) is 10.9 Å². The number of rotatable bonds is 5.